The number of benzene rings is 2. The van der Waals surface area contributed by atoms with E-state index in [-0.39, 0.29) is 52.5 Å². The number of esters is 1. The van der Waals surface area contributed by atoms with Crippen molar-refractivity contribution in [1.82, 2.24) is 4.90 Å². The van der Waals surface area contributed by atoms with Gasteiger partial charge in [-0.25, -0.2) is 19.0 Å². The lowest BCUT2D eigenvalue weighted by atomic mass is 9.86. The number of carbonyl (C=O) groups excluding carboxylic acids is 2. The van der Waals surface area contributed by atoms with Crippen molar-refractivity contribution in [2.45, 2.75) is 44.6 Å². The Bertz CT molecular complexity index is 1820. The third-order valence-corrected chi connectivity index (χ3v) is 10.5. The van der Waals surface area contributed by atoms with E-state index < -0.39 is 30.6 Å². The molecule has 3 fully saturated rings. The second-order valence-electron chi connectivity index (χ2n) is 11.9. The van der Waals surface area contributed by atoms with Crippen molar-refractivity contribution < 1.29 is 52.2 Å². The molecule has 2 aromatic carbocycles. The SMILES string of the molecule is COc1cc([C@H](Cc2c(Cl)c[nH+]cc2Cl)OC(=O)c2ccc(CN(C(=O)O[C@H]3CN4CCC3CC4)c3ccccc3F)s2)ccc1OC(F)F.[OH-]. The third-order valence-electron chi connectivity index (χ3n) is 8.80. The summed E-state index contributed by atoms with van der Waals surface area (Å²) in [6.07, 6.45) is 3.00. The van der Waals surface area contributed by atoms with E-state index in [2.05, 4.69) is 14.6 Å². The highest BCUT2D eigenvalue weighted by molar-refractivity contribution is 7.14. The predicted molar refractivity (Wildman–Crippen MR) is 183 cm³/mol. The molecule has 0 radical (unpaired) electrons. The minimum atomic E-state index is -3.08. The lowest BCUT2D eigenvalue weighted by molar-refractivity contribution is -0.377. The highest BCUT2D eigenvalue weighted by Gasteiger charge is 2.38. The fourth-order valence-electron chi connectivity index (χ4n) is 6.23. The molecule has 0 aliphatic carbocycles. The molecule has 2 aromatic heterocycles. The van der Waals surface area contributed by atoms with Crippen LogP contribution in [0.3, 0.4) is 0 Å². The van der Waals surface area contributed by atoms with Gasteiger partial charge in [-0.15, -0.1) is 11.3 Å². The van der Waals surface area contributed by atoms with E-state index in [0.717, 1.165) is 37.3 Å². The number of nitrogens with zero attached hydrogens (tertiary/aromatic N) is 2. The first-order valence-corrected chi connectivity index (χ1v) is 17.4. The molecule has 2 bridgehead atoms. The van der Waals surface area contributed by atoms with Crippen LogP contribution in [0, 0.1) is 11.7 Å². The Morgan fingerprint density at radius 2 is 1.76 bits per heavy atom. The molecule has 3 aliphatic rings. The number of carbonyl (C=O) groups is 2. The van der Waals surface area contributed by atoms with Gasteiger partial charge in [0.1, 0.15) is 32.9 Å². The maximum absolute atomic E-state index is 15.0. The minimum absolute atomic E-state index is 0. The number of hydrogen-bond donors (Lipinski definition) is 0. The van der Waals surface area contributed by atoms with Crippen molar-refractivity contribution in [3.8, 4) is 11.5 Å². The molecule has 10 nitrogen and oxygen atoms in total. The van der Waals surface area contributed by atoms with Gasteiger partial charge in [-0.1, -0.05) is 41.4 Å². The molecule has 0 spiro atoms. The van der Waals surface area contributed by atoms with Gasteiger partial charge in [0.15, 0.2) is 23.9 Å². The highest BCUT2D eigenvalue weighted by atomic mass is 35.5. The number of alkyl halides is 2. The van der Waals surface area contributed by atoms with Crippen LogP contribution in [0.15, 0.2) is 67.0 Å². The number of aromatic nitrogens is 1. The van der Waals surface area contributed by atoms with E-state index in [1.807, 2.05) is 0 Å². The molecule has 272 valence electrons. The largest absolute Gasteiger partial charge is 0.870 e. The number of para-hydroxylation sites is 1. The highest BCUT2D eigenvalue weighted by Crippen LogP contribution is 2.37. The molecular weight excluding hydrogens is 734 g/mol. The Kier molecular flexibility index (Phi) is 12.7. The summed E-state index contributed by atoms with van der Waals surface area (Å²) in [4.78, 5) is 34.3. The van der Waals surface area contributed by atoms with Crippen molar-refractivity contribution >= 4 is 52.3 Å². The number of anilines is 1. The van der Waals surface area contributed by atoms with Crippen molar-refractivity contribution in [3.05, 3.63) is 104 Å². The molecule has 1 amide bonds. The number of hydrogen-bond acceptors (Lipinski definition) is 9. The smallest absolute Gasteiger partial charge is 0.415 e. The zero-order valence-electron chi connectivity index (χ0n) is 27.2. The molecule has 51 heavy (non-hydrogen) atoms. The Labute approximate surface area is 305 Å². The van der Waals surface area contributed by atoms with Gasteiger partial charge in [0.2, 0.25) is 0 Å². The number of nitrogens with one attached hydrogen (secondary N) is 1. The first kappa shape index (κ1) is 38.2. The molecule has 3 aliphatic heterocycles. The van der Waals surface area contributed by atoms with Crippen LogP contribution in [0.4, 0.5) is 23.7 Å². The van der Waals surface area contributed by atoms with E-state index in [4.69, 9.17) is 37.4 Å². The van der Waals surface area contributed by atoms with Gasteiger partial charge < -0.3 is 24.4 Å². The van der Waals surface area contributed by atoms with Crippen LogP contribution in [0.2, 0.25) is 10.0 Å². The molecule has 2 atom stereocenters. The number of pyridine rings is 1. The number of H-pyrrole nitrogens is 1. The number of aromatic amines is 1. The minimum Gasteiger partial charge on any atom is -0.870 e. The summed E-state index contributed by atoms with van der Waals surface area (Å²) in [6.45, 7) is -0.549. The summed E-state index contributed by atoms with van der Waals surface area (Å²) in [5, 5.41) is 0.583. The summed E-state index contributed by atoms with van der Waals surface area (Å²) in [5.41, 5.74) is 0.930. The molecule has 7 rings (SSSR count). The number of thiophene rings is 1. The second-order valence-corrected chi connectivity index (χ2v) is 13.9. The van der Waals surface area contributed by atoms with E-state index in [1.165, 1.54) is 60.8 Å². The Morgan fingerprint density at radius 1 is 1.04 bits per heavy atom. The van der Waals surface area contributed by atoms with Crippen molar-refractivity contribution in [3.63, 3.8) is 0 Å². The van der Waals surface area contributed by atoms with Crippen LogP contribution in [-0.4, -0.2) is 61.9 Å². The zero-order chi connectivity index (χ0) is 35.4. The van der Waals surface area contributed by atoms with Crippen LogP contribution in [-0.2, 0) is 22.4 Å². The van der Waals surface area contributed by atoms with E-state index in [9.17, 15) is 18.4 Å². The Hall–Kier alpha value is -4.08. The second kappa shape index (κ2) is 17.0. The van der Waals surface area contributed by atoms with Gasteiger partial charge >= 0.3 is 18.7 Å². The zero-order valence-corrected chi connectivity index (χ0v) is 29.5. The first-order chi connectivity index (χ1) is 24.1. The van der Waals surface area contributed by atoms with Gasteiger partial charge in [-0.05, 0) is 73.8 Å². The van der Waals surface area contributed by atoms with Crippen LogP contribution in [0.5, 0.6) is 11.5 Å². The average molecular weight is 769 g/mol. The van der Waals surface area contributed by atoms with Crippen molar-refractivity contribution in [1.29, 1.82) is 0 Å². The fraction of sp³-hybridized carbons (Fsp3) is 0.343. The van der Waals surface area contributed by atoms with Crippen molar-refractivity contribution in [2.75, 3.05) is 31.6 Å². The summed E-state index contributed by atoms with van der Waals surface area (Å²) < 4.78 is 62.8. The molecule has 3 saturated heterocycles. The molecule has 2 N–H and O–H groups in total. The molecular formula is C35H34Cl2F3N3O7S. The Balaban J connectivity index is 0.00000504. The lowest BCUT2D eigenvalue weighted by Gasteiger charge is -2.44. The van der Waals surface area contributed by atoms with Crippen molar-refractivity contribution in [2.24, 2.45) is 5.92 Å². The van der Waals surface area contributed by atoms with E-state index >= 15 is 4.39 Å². The lowest BCUT2D eigenvalue weighted by Crippen LogP contribution is -2.53. The van der Waals surface area contributed by atoms with Crippen LogP contribution >= 0.6 is 34.5 Å². The number of rotatable bonds is 12. The van der Waals surface area contributed by atoms with Gasteiger partial charge in [0.05, 0.1) is 19.3 Å². The number of piperidine rings is 3. The van der Waals surface area contributed by atoms with Gasteiger partial charge in [-0.2, -0.15) is 8.78 Å². The number of ether oxygens (including phenoxy) is 4. The molecule has 4 aromatic rings. The van der Waals surface area contributed by atoms with Crippen LogP contribution in [0.25, 0.3) is 0 Å². The van der Waals surface area contributed by atoms with Crippen LogP contribution < -0.4 is 19.4 Å². The standard InChI is InChI=1S/C35H32Cl2F3N3O6S.H2O/c1-46-30-14-21(6-8-28(30)48-34(39)40)29(15-23-24(36)16-41-17-25(23)37)47-33(44)32-9-7-22(50-32)18-43(27-5-3-2-4-26(27)38)35(45)49-31-19-42-12-10-20(31)11-13-42;/h2-9,14,16-17,20,29,31,34H,10-13,15,18-19H2,1H3;1H2/t29-,31-;/m0./s1. The fourth-order valence-corrected chi connectivity index (χ4v) is 7.65. The summed E-state index contributed by atoms with van der Waals surface area (Å²) >= 11 is 13.9. The summed E-state index contributed by atoms with van der Waals surface area (Å²) in [6, 6.07) is 13.3. The Morgan fingerprint density at radius 3 is 2.41 bits per heavy atom. The normalized spacial score (nSPS) is 18.5. The maximum Gasteiger partial charge on any atom is 0.415 e. The monoisotopic (exact) mass is 767 g/mol. The molecule has 5 heterocycles. The predicted octanol–water partition coefficient (Wildman–Crippen LogP) is 7.82. The van der Waals surface area contributed by atoms with Gasteiger partial charge in [0.25, 0.3) is 0 Å². The number of fused-ring (bicyclic) bond motifs is 3. The first-order valence-electron chi connectivity index (χ1n) is 15.8. The number of amides is 1. The molecule has 16 heteroatoms. The van der Waals surface area contributed by atoms with Crippen LogP contribution in [0.1, 0.15) is 44.6 Å². The molecule has 0 saturated carbocycles. The molecule has 0 unspecified atom stereocenters. The third kappa shape index (κ3) is 9.05. The average Bonchev–Trinajstić information content (AvgIpc) is 3.58. The summed E-state index contributed by atoms with van der Waals surface area (Å²) in [5.74, 6) is -1.24. The van der Waals surface area contributed by atoms with Gasteiger partial charge in [0, 0.05) is 23.4 Å². The summed E-state index contributed by atoms with van der Waals surface area (Å²) in [7, 11) is 1.30. The topological polar surface area (TPSA) is 122 Å². The van der Waals surface area contributed by atoms with E-state index in [1.54, 1.807) is 18.2 Å². The number of methoxy groups -OCH3 is 1. The maximum atomic E-state index is 15.0. The quantitative estimate of drug-likeness (QED) is 0.134. The van der Waals surface area contributed by atoms with Gasteiger partial charge in [-0.3, -0.25) is 9.80 Å². The number of halogens is 5. The van der Waals surface area contributed by atoms with E-state index in [0.29, 0.717) is 32.6 Å².